The monoisotopic (exact) mass is 478 g/mol. The predicted octanol–water partition coefficient (Wildman–Crippen LogP) is 4.82. The molecule has 178 valence electrons. The van der Waals surface area contributed by atoms with Crippen molar-refractivity contribution in [3.05, 3.63) is 95.6 Å². The van der Waals surface area contributed by atoms with Crippen LogP contribution in [0.25, 0.3) is 5.69 Å². The summed E-state index contributed by atoms with van der Waals surface area (Å²) >= 11 is 0. The molecule has 0 saturated heterocycles. The number of benzene rings is 2. The highest BCUT2D eigenvalue weighted by molar-refractivity contribution is 6.04. The van der Waals surface area contributed by atoms with Crippen LogP contribution in [0.2, 0.25) is 0 Å². The second kappa shape index (κ2) is 8.86. The lowest BCUT2D eigenvalue weighted by Crippen LogP contribution is -2.19. The maximum atomic E-state index is 13.5. The third-order valence-electron chi connectivity index (χ3n) is 5.85. The average Bonchev–Trinajstić information content (AvgIpc) is 3.44. The summed E-state index contributed by atoms with van der Waals surface area (Å²) in [5.74, 6) is -0.479. The molecule has 2 aromatic carbocycles. The molecule has 2 heterocycles. The quantitative estimate of drug-likeness (QED) is 0.430. The molecule has 0 aliphatic heterocycles. The van der Waals surface area contributed by atoms with Crippen molar-refractivity contribution in [1.29, 1.82) is 0 Å². The molecule has 1 amide bonds. The van der Waals surface area contributed by atoms with Gasteiger partial charge in [-0.2, -0.15) is 13.2 Å². The number of nitrogens with one attached hydrogen (secondary N) is 2. The number of hydrogen-bond acceptors (Lipinski definition) is 5. The van der Waals surface area contributed by atoms with E-state index in [-0.39, 0.29) is 17.4 Å². The molecule has 0 unspecified atom stereocenters. The summed E-state index contributed by atoms with van der Waals surface area (Å²) in [6.45, 7) is 1.74. The van der Waals surface area contributed by atoms with Gasteiger partial charge in [0.25, 0.3) is 5.91 Å². The standard InChI is InChI=1S/C25H21F3N6O/c1-15-12-34(14-31-15)23-8-19(25(26,27)28)7-21(9-23)33-24(35)17-3-2-16-5-20(6-18(16)4-17)32-22-10-29-13-30-11-22/h2-4,7-14,20,32H,5-6H2,1H3,(H,33,35)/t20-/m1/s1. The number of hydrogen-bond donors (Lipinski definition) is 2. The van der Waals surface area contributed by atoms with E-state index in [9.17, 15) is 18.0 Å². The summed E-state index contributed by atoms with van der Waals surface area (Å²) in [5.41, 5.74) is 3.45. The molecule has 2 aromatic heterocycles. The van der Waals surface area contributed by atoms with Crippen LogP contribution in [0.3, 0.4) is 0 Å². The van der Waals surface area contributed by atoms with Gasteiger partial charge in [-0.25, -0.2) is 15.0 Å². The van der Waals surface area contributed by atoms with E-state index in [1.807, 2.05) is 6.07 Å². The zero-order valence-electron chi connectivity index (χ0n) is 18.7. The van der Waals surface area contributed by atoms with Gasteiger partial charge in [-0.15, -0.1) is 0 Å². The Labute approximate surface area is 199 Å². The number of carbonyl (C=O) groups excluding carboxylic acids is 1. The van der Waals surface area contributed by atoms with Gasteiger partial charge >= 0.3 is 6.18 Å². The van der Waals surface area contributed by atoms with Crippen LogP contribution in [0.4, 0.5) is 24.5 Å². The van der Waals surface area contributed by atoms with Gasteiger partial charge in [0.05, 0.1) is 35.7 Å². The predicted molar refractivity (Wildman–Crippen MR) is 125 cm³/mol. The average molecular weight is 478 g/mol. The number of aryl methyl sites for hydroxylation is 1. The van der Waals surface area contributed by atoms with E-state index in [4.69, 9.17) is 0 Å². The fourth-order valence-corrected chi connectivity index (χ4v) is 4.23. The Balaban J connectivity index is 1.35. The van der Waals surface area contributed by atoms with Gasteiger partial charge in [0.1, 0.15) is 6.33 Å². The summed E-state index contributed by atoms with van der Waals surface area (Å²) in [7, 11) is 0. The topological polar surface area (TPSA) is 84.7 Å². The third kappa shape index (κ3) is 5.01. The van der Waals surface area contributed by atoms with Gasteiger partial charge in [0.15, 0.2) is 0 Å². The van der Waals surface area contributed by atoms with E-state index < -0.39 is 17.6 Å². The van der Waals surface area contributed by atoms with Gasteiger partial charge in [0.2, 0.25) is 0 Å². The number of rotatable bonds is 5. The molecule has 0 fully saturated rings. The number of aromatic nitrogens is 4. The van der Waals surface area contributed by atoms with Crippen molar-refractivity contribution >= 4 is 17.3 Å². The highest BCUT2D eigenvalue weighted by atomic mass is 19.4. The fraction of sp³-hybridized carbons (Fsp3) is 0.200. The van der Waals surface area contributed by atoms with Gasteiger partial charge in [-0.3, -0.25) is 4.79 Å². The SMILES string of the molecule is Cc1cn(-c2cc(NC(=O)c3ccc4c(c3)C[C@H](Nc3cncnc3)C4)cc(C(F)(F)F)c2)cn1. The van der Waals surface area contributed by atoms with Crippen molar-refractivity contribution in [1.82, 2.24) is 19.5 Å². The molecule has 10 heteroatoms. The summed E-state index contributed by atoms with van der Waals surface area (Å²) in [5, 5.41) is 6.01. The number of carbonyl (C=O) groups is 1. The van der Waals surface area contributed by atoms with Crippen LogP contribution in [0.1, 0.15) is 32.7 Å². The number of halogens is 3. The highest BCUT2D eigenvalue weighted by Gasteiger charge is 2.32. The molecule has 5 rings (SSSR count). The lowest BCUT2D eigenvalue weighted by molar-refractivity contribution is -0.137. The van der Waals surface area contributed by atoms with Crippen LogP contribution >= 0.6 is 0 Å². The van der Waals surface area contributed by atoms with E-state index in [0.29, 0.717) is 17.7 Å². The van der Waals surface area contributed by atoms with Crippen molar-refractivity contribution in [2.24, 2.45) is 0 Å². The third-order valence-corrected chi connectivity index (χ3v) is 5.85. The number of nitrogens with zero attached hydrogens (tertiary/aromatic N) is 4. The van der Waals surface area contributed by atoms with Gasteiger partial charge in [0, 0.05) is 29.2 Å². The van der Waals surface area contributed by atoms with Crippen LogP contribution < -0.4 is 10.6 Å². The van der Waals surface area contributed by atoms with Crippen LogP contribution in [-0.2, 0) is 19.0 Å². The zero-order valence-corrected chi connectivity index (χ0v) is 18.7. The molecule has 7 nitrogen and oxygen atoms in total. The number of imidazole rings is 1. The number of fused-ring (bicyclic) bond motifs is 1. The van der Waals surface area contributed by atoms with Crippen LogP contribution in [0, 0.1) is 6.92 Å². The lowest BCUT2D eigenvalue weighted by atomic mass is 10.1. The highest BCUT2D eigenvalue weighted by Crippen LogP contribution is 2.33. The Kier molecular flexibility index (Phi) is 5.72. The second-order valence-corrected chi connectivity index (χ2v) is 8.50. The number of anilines is 2. The summed E-state index contributed by atoms with van der Waals surface area (Å²) in [6, 6.07) is 8.96. The summed E-state index contributed by atoms with van der Waals surface area (Å²) in [6.07, 6.45) is 4.84. The van der Waals surface area contributed by atoms with E-state index in [1.165, 1.54) is 23.3 Å². The molecule has 1 atom stereocenters. The molecule has 4 aromatic rings. The summed E-state index contributed by atoms with van der Waals surface area (Å²) in [4.78, 5) is 25.0. The Morgan fingerprint density at radius 3 is 2.51 bits per heavy atom. The smallest absolute Gasteiger partial charge is 0.379 e. The maximum Gasteiger partial charge on any atom is 0.416 e. The molecule has 0 bridgehead atoms. The van der Waals surface area contributed by atoms with Gasteiger partial charge in [-0.1, -0.05) is 6.07 Å². The minimum absolute atomic E-state index is 0.0512. The Morgan fingerprint density at radius 2 is 1.80 bits per heavy atom. The Morgan fingerprint density at radius 1 is 1.03 bits per heavy atom. The second-order valence-electron chi connectivity index (χ2n) is 8.50. The molecule has 0 radical (unpaired) electrons. The van der Waals surface area contributed by atoms with Crippen molar-refractivity contribution in [2.45, 2.75) is 32.0 Å². The summed E-state index contributed by atoms with van der Waals surface area (Å²) < 4.78 is 42.0. The van der Waals surface area contributed by atoms with Crippen LogP contribution in [0.15, 0.2) is 67.6 Å². The zero-order chi connectivity index (χ0) is 24.6. The van der Waals surface area contributed by atoms with Crippen molar-refractivity contribution in [2.75, 3.05) is 10.6 Å². The van der Waals surface area contributed by atoms with E-state index >= 15 is 0 Å². The lowest BCUT2D eigenvalue weighted by Gasteiger charge is -2.14. The molecule has 1 aliphatic rings. The van der Waals surface area contributed by atoms with Gasteiger partial charge < -0.3 is 15.2 Å². The van der Waals surface area contributed by atoms with E-state index in [2.05, 4.69) is 25.6 Å². The molecule has 2 N–H and O–H groups in total. The first-order valence-corrected chi connectivity index (χ1v) is 10.9. The fourth-order valence-electron chi connectivity index (χ4n) is 4.23. The first-order chi connectivity index (χ1) is 16.7. The molecule has 35 heavy (non-hydrogen) atoms. The largest absolute Gasteiger partial charge is 0.416 e. The van der Waals surface area contributed by atoms with E-state index in [1.54, 1.807) is 37.6 Å². The minimum Gasteiger partial charge on any atom is -0.379 e. The Bertz CT molecular complexity index is 1380. The van der Waals surface area contributed by atoms with Crippen molar-refractivity contribution < 1.29 is 18.0 Å². The maximum absolute atomic E-state index is 13.5. The molecular formula is C25H21F3N6O. The van der Waals surface area contributed by atoms with Crippen molar-refractivity contribution in [3.8, 4) is 5.69 Å². The van der Waals surface area contributed by atoms with Crippen LogP contribution in [-0.4, -0.2) is 31.5 Å². The molecule has 0 spiro atoms. The molecule has 1 aliphatic carbocycles. The number of alkyl halides is 3. The Hall–Kier alpha value is -4.21. The number of amides is 1. The van der Waals surface area contributed by atoms with Crippen molar-refractivity contribution in [3.63, 3.8) is 0 Å². The van der Waals surface area contributed by atoms with Crippen LogP contribution in [0.5, 0.6) is 0 Å². The molecular weight excluding hydrogens is 457 g/mol. The minimum atomic E-state index is -4.56. The first kappa shape index (κ1) is 22.6. The van der Waals surface area contributed by atoms with Gasteiger partial charge in [-0.05, 0) is 61.2 Å². The normalized spacial score (nSPS) is 15.0. The van der Waals surface area contributed by atoms with E-state index in [0.717, 1.165) is 35.4 Å². The first-order valence-electron chi connectivity index (χ1n) is 10.9. The molecule has 0 saturated carbocycles.